The van der Waals surface area contributed by atoms with Gasteiger partial charge in [-0.2, -0.15) is 0 Å². The number of aromatic nitrogens is 2. The highest BCUT2D eigenvalue weighted by Crippen LogP contribution is 2.41. The Bertz CT molecular complexity index is 2520. The number of aliphatic imine (C=N–C) groups is 1. The summed E-state index contributed by atoms with van der Waals surface area (Å²) in [5.41, 5.74) is 12.0. The van der Waals surface area contributed by atoms with Gasteiger partial charge in [0, 0.05) is 45.4 Å². The molecule has 2 aliphatic rings. The Kier molecular flexibility index (Phi) is 7.35. The third-order valence-electron chi connectivity index (χ3n) is 10.2. The van der Waals surface area contributed by atoms with E-state index in [-0.39, 0.29) is 6.04 Å². The molecule has 4 nitrogen and oxygen atoms in total. The molecule has 0 fully saturated rings. The fourth-order valence-corrected chi connectivity index (χ4v) is 7.97. The van der Waals surface area contributed by atoms with E-state index >= 15 is 0 Å². The second-order valence-corrected chi connectivity index (χ2v) is 13.0. The quantitative estimate of drug-likeness (QED) is 0.194. The first-order valence-electron chi connectivity index (χ1n) is 17.3. The van der Waals surface area contributed by atoms with Crippen molar-refractivity contribution in [1.82, 2.24) is 14.5 Å². The number of fused-ring (bicyclic) bond motifs is 7. The van der Waals surface area contributed by atoms with Crippen molar-refractivity contribution >= 4 is 55.0 Å². The molecule has 5 aromatic carbocycles. The second-order valence-electron chi connectivity index (χ2n) is 13.0. The molecule has 0 bridgehead atoms. The molecule has 49 heavy (non-hydrogen) atoms. The van der Waals surface area contributed by atoms with Crippen molar-refractivity contribution in [2.24, 2.45) is 4.99 Å². The SMILES string of the molecule is CN/C(=C1/C=CCC/C1=N/Cn1c2ccccc2c2ccc3c4ccccc4n(C4C=CC=CC4)c3c21)c1ccc(-c2ccccc2)cc1. The van der Waals surface area contributed by atoms with Gasteiger partial charge in [-0.05, 0) is 48.1 Å². The lowest BCUT2D eigenvalue weighted by molar-refractivity contribution is 0.647. The minimum Gasteiger partial charge on any atom is -0.387 e. The molecule has 0 radical (unpaired) electrons. The summed E-state index contributed by atoms with van der Waals surface area (Å²) in [4.78, 5) is 5.47. The predicted molar refractivity (Wildman–Crippen MR) is 208 cm³/mol. The maximum atomic E-state index is 5.47. The van der Waals surface area contributed by atoms with Crippen LogP contribution < -0.4 is 5.32 Å². The molecular weight excluding hydrogens is 597 g/mol. The monoisotopic (exact) mass is 634 g/mol. The molecule has 0 aliphatic heterocycles. The summed E-state index contributed by atoms with van der Waals surface area (Å²) in [7, 11) is 2.02. The van der Waals surface area contributed by atoms with Crippen LogP contribution in [0.1, 0.15) is 30.9 Å². The summed E-state index contributed by atoms with van der Waals surface area (Å²) in [5, 5.41) is 8.67. The number of allylic oxidation sites excluding steroid dienone is 7. The Labute approximate surface area is 286 Å². The van der Waals surface area contributed by atoms with Gasteiger partial charge in [0.2, 0.25) is 0 Å². The molecule has 9 rings (SSSR count). The highest BCUT2D eigenvalue weighted by molar-refractivity contribution is 6.22. The van der Waals surface area contributed by atoms with Crippen LogP contribution in [0.3, 0.4) is 0 Å². The van der Waals surface area contributed by atoms with E-state index in [2.05, 4.69) is 166 Å². The number of para-hydroxylation sites is 2. The van der Waals surface area contributed by atoms with Crippen molar-refractivity contribution in [3.63, 3.8) is 0 Å². The van der Waals surface area contributed by atoms with Crippen LogP contribution in [0.25, 0.3) is 60.4 Å². The van der Waals surface area contributed by atoms with Gasteiger partial charge >= 0.3 is 0 Å². The largest absolute Gasteiger partial charge is 0.387 e. The summed E-state index contributed by atoms with van der Waals surface area (Å²) in [6.45, 7) is 0.543. The van der Waals surface area contributed by atoms with Gasteiger partial charge < -0.3 is 14.5 Å². The van der Waals surface area contributed by atoms with E-state index in [1.165, 1.54) is 60.3 Å². The van der Waals surface area contributed by atoms with Gasteiger partial charge in [0.15, 0.2) is 0 Å². The van der Waals surface area contributed by atoms with Crippen molar-refractivity contribution in [2.75, 3.05) is 7.05 Å². The van der Waals surface area contributed by atoms with E-state index in [9.17, 15) is 0 Å². The molecule has 1 N–H and O–H groups in total. The van der Waals surface area contributed by atoms with Crippen LogP contribution in [-0.4, -0.2) is 21.9 Å². The van der Waals surface area contributed by atoms with E-state index in [0.717, 1.165) is 36.2 Å². The second kappa shape index (κ2) is 12.3. The van der Waals surface area contributed by atoms with Crippen molar-refractivity contribution in [3.05, 3.63) is 163 Å². The summed E-state index contributed by atoms with van der Waals surface area (Å²) in [6.07, 6.45) is 16.4. The van der Waals surface area contributed by atoms with Gasteiger partial charge in [-0.15, -0.1) is 0 Å². The minimum absolute atomic E-state index is 0.250. The normalized spacial score (nSPS) is 18.0. The zero-order valence-electron chi connectivity index (χ0n) is 27.7. The zero-order valence-corrected chi connectivity index (χ0v) is 27.7. The van der Waals surface area contributed by atoms with E-state index in [1.54, 1.807) is 0 Å². The average molecular weight is 635 g/mol. The maximum Gasteiger partial charge on any atom is 0.115 e. The molecule has 0 saturated carbocycles. The average Bonchev–Trinajstić information content (AvgIpc) is 3.68. The third-order valence-corrected chi connectivity index (χ3v) is 10.2. The highest BCUT2D eigenvalue weighted by Gasteiger charge is 2.23. The number of benzene rings is 5. The fraction of sp³-hybridized carbons (Fsp3) is 0.133. The smallest absolute Gasteiger partial charge is 0.115 e. The lowest BCUT2D eigenvalue weighted by Gasteiger charge is -2.20. The topological polar surface area (TPSA) is 34.2 Å². The van der Waals surface area contributed by atoms with Crippen molar-refractivity contribution in [2.45, 2.75) is 32.0 Å². The highest BCUT2D eigenvalue weighted by atomic mass is 15.1. The van der Waals surface area contributed by atoms with E-state index in [0.29, 0.717) is 6.67 Å². The minimum atomic E-state index is 0.250. The van der Waals surface area contributed by atoms with Gasteiger partial charge in [-0.3, -0.25) is 4.99 Å². The van der Waals surface area contributed by atoms with Gasteiger partial charge in [-0.1, -0.05) is 140 Å². The predicted octanol–water partition coefficient (Wildman–Crippen LogP) is 11.0. The maximum absolute atomic E-state index is 5.47. The third kappa shape index (κ3) is 4.95. The van der Waals surface area contributed by atoms with Crippen LogP contribution in [0, 0.1) is 0 Å². The molecule has 238 valence electrons. The zero-order chi connectivity index (χ0) is 32.7. The molecule has 2 aromatic heterocycles. The Morgan fingerprint density at radius 3 is 2.14 bits per heavy atom. The molecule has 0 spiro atoms. The van der Waals surface area contributed by atoms with Crippen molar-refractivity contribution in [1.29, 1.82) is 0 Å². The number of nitrogens with zero attached hydrogens (tertiary/aromatic N) is 3. The van der Waals surface area contributed by atoms with Crippen LogP contribution >= 0.6 is 0 Å². The van der Waals surface area contributed by atoms with Gasteiger partial charge in [0.1, 0.15) is 6.67 Å². The number of rotatable bonds is 6. The van der Waals surface area contributed by atoms with E-state index in [1.807, 2.05) is 7.05 Å². The number of hydrogen-bond donors (Lipinski definition) is 1. The van der Waals surface area contributed by atoms with E-state index in [4.69, 9.17) is 4.99 Å². The van der Waals surface area contributed by atoms with Crippen LogP contribution in [0.15, 0.2) is 162 Å². The molecule has 4 heteroatoms. The van der Waals surface area contributed by atoms with Gasteiger partial charge in [0.25, 0.3) is 0 Å². The number of nitrogens with one attached hydrogen (secondary N) is 1. The molecule has 7 aromatic rings. The first-order chi connectivity index (χ1) is 24.3. The standard InChI is InChI=1S/C45H38N4/c1-46-43(33-26-24-32(25-27-33)31-14-4-2-5-15-31)39-20-8-11-21-40(39)47-30-48-41-22-12-9-18-35(41)37-28-29-38-36-19-10-13-23-42(36)49(45(38)44(37)48)34-16-6-3-7-17-34/h2-10,12-16,18-20,22-29,34,46H,11,17,21,30H2,1H3/b43-39-,47-40-. The van der Waals surface area contributed by atoms with Crippen molar-refractivity contribution < 1.29 is 0 Å². The lowest BCUT2D eigenvalue weighted by Crippen LogP contribution is -2.16. The molecule has 1 atom stereocenters. The molecule has 2 heterocycles. The first-order valence-corrected chi connectivity index (χ1v) is 17.3. The fourth-order valence-electron chi connectivity index (χ4n) is 7.97. The van der Waals surface area contributed by atoms with Crippen LogP contribution in [0.5, 0.6) is 0 Å². The lowest BCUT2D eigenvalue weighted by atomic mass is 9.94. The van der Waals surface area contributed by atoms with Crippen LogP contribution in [0.2, 0.25) is 0 Å². The van der Waals surface area contributed by atoms with Crippen LogP contribution in [0.4, 0.5) is 0 Å². The summed E-state index contributed by atoms with van der Waals surface area (Å²) < 4.78 is 5.03. The summed E-state index contributed by atoms with van der Waals surface area (Å²) in [6, 6.07) is 42.0. The van der Waals surface area contributed by atoms with Gasteiger partial charge in [-0.25, -0.2) is 0 Å². The Morgan fingerprint density at radius 1 is 0.694 bits per heavy atom. The molecule has 0 saturated heterocycles. The summed E-state index contributed by atoms with van der Waals surface area (Å²) >= 11 is 0. The van der Waals surface area contributed by atoms with Crippen molar-refractivity contribution in [3.8, 4) is 11.1 Å². The van der Waals surface area contributed by atoms with E-state index < -0.39 is 0 Å². The molecule has 2 aliphatic carbocycles. The Morgan fingerprint density at radius 2 is 1.39 bits per heavy atom. The molecule has 0 amide bonds. The summed E-state index contributed by atoms with van der Waals surface area (Å²) in [5.74, 6) is 0. The van der Waals surface area contributed by atoms with Gasteiger partial charge in [0.05, 0.1) is 28.3 Å². The first kappa shape index (κ1) is 29.3. The Balaban J connectivity index is 1.21. The van der Waals surface area contributed by atoms with Crippen LogP contribution in [-0.2, 0) is 6.67 Å². The Hall–Kier alpha value is -5.87. The molecular formula is C45H38N4. The molecule has 1 unspecified atom stereocenters. The number of hydrogen-bond acceptors (Lipinski definition) is 2.